The summed E-state index contributed by atoms with van der Waals surface area (Å²) in [5, 5.41) is 0. The third-order valence-electron chi connectivity index (χ3n) is 4.45. The van der Waals surface area contributed by atoms with Gasteiger partial charge in [0.25, 0.3) is 0 Å². The second-order valence-corrected chi connectivity index (χ2v) is 7.71. The molecule has 0 fully saturated rings. The number of Topliss-reactive ketones (excluding diaryl/α,β-unsaturated/α-hetero) is 2. The number of carbonyl (C=O) groups is 3. The summed E-state index contributed by atoms with van der Waals surface area (Å²) in [5.41, 5.74) is 3.48. The number of hydrogen-bond donors (Lipinski definition) is 0. The number of unbranched alkanes of at least 4 members (excludes halogenated alkanes) is 1. The van der Waals surface area contributed by atoms with Crippen LogP contribution in [0.25, 0.3) is 0 Å². The van der Waals surface area contributed by atoms with E-state index in [4.69, 9.17) is 4.74 Å². The summed E-state index contributed by atoms with van der Waals surface area (Å²) >= 11 is 3.47. The number of ether oxygens (including phenoxy) is 1. The first kappa shape index (κ1) is 22.0. The molecule has 148 valence electrons. The predicted octanol–water partition coefficient (Wildman–Crippen LogP) is 5.16. The molecule has 2 aromatic rings. The van der Waals surface area contributed by atoms with Crippen LogP contribution in [0.4, 0.5) is 0 Å². The Bertz CT molecular complexity index is 820. The van der Waals surface area contributed by atoms with Crippen LogP contribution in [-0.4, -0.2) is 24.1 Å². The van der Waals surface area contributed by atoms with Gasteiger partial charge in [0.1, 0.15) is 5.78 Å². The molecule has 0 heterocycles. The van der Waals surface area contributed by atoms with E-state index in [9.17, 15) is 14.4 Å². The van der Waals surface area contributed by atoms with E-state index in [0.717, 1.165) is 21.2 Å². The lowest BCUT2D eigenvalue weighted by atomic mass is 10.0. The SMILES string of the molecule is Cc1cc(C(=O)COC(=O)CCCCC(=O)Cc2ccccc2)cc(C)c1Br. The Morgan fingerprint density at radius 3 is 2.18 bits per heavy atom. The first-order chi connectivity index (χ1) is 13.4. The lowest BCUT2D eigenvalue weighted by molar-refractivity contribution is -0.142. The topological polar surface area (TPSA) is 60.4 Å². The highest BCUT2D eigenvalue weighted by Gasteiger charge is 2.13. The van der Waals surface area contributed by atoms with Crippen molar-refractivity contribution in [2.75, 3.05) is 6.61 Å². The van der Waals surface area contributed by atoms with E-state index in [2.05, 4.69) is 15.9 Å². The van der Waals surface area contributed by atoms with Gasteiger partial charge in [-0.05, 0) is 55.5 Å². The number of hydrogen-bond acceptors (Lipinski definition) is 4. The smallest absolute Gasteiger partial charge is 0.306 e. The average molecular weight is 445 g/mol. The van der Waals surface area contributed by atoms with E-state index < -0.39 is 5.97 Å². The molecule has 0 radical (unpaired) electrons. The minimum atomic E-state index is -0.408. The molecule has 0 N–H and O–H groups in total. The van der Waals surface area contributed by atoms with Gasteiger partial charge in [0, 0.05) is 29.3 Å². The fourth-order valence-corrected chi connectivity index (χ4v) is 3.14. The molecular weight excluding hydrogens is 420 g/mol. The second kappa shape index (κ2) is 10.9. The molecule has 0 atom stereocenters. The lowest BCUT2D eigenvalue weighted by Gasteiger charge is -2.08. The maximum Gasteiger partial charge on any atom is 0.306 e. The second-order valence-electron chi connectivity index (χ2n) is 6.92. The fourth-order valence-electron chi connectivity index (χ4n) is 2.91. The van der Waals surface area contributed by atoms with Gasteiger partial charge >= 0.3 is 5.97 Å². The molecule has 0 amide bonds. The van der Waals surface area contributed by atoms with Gasteiger partial charge in [-0.1, -0.05) is 46.3 Å². The van der Waals surface area contributed by atoms with Crippen LogP contribution in [0.2, 0.25) is 0 Å². The third kappa shape index (κ3) is 7.04. The highest BCUT2D eigenvalue weighted by molar-refractivity contribution is 9.10. The van der Waals surface area contributed by atoms with Crippen molar-refractivity contribution in [3.05, 3.63) is 69.2 Å². The maximum atomic E-state index is 12.2. The fraction of sp³-hybridized carbons (Fsp3) is 0.348. The number of halogens is 1. The average Bonchev–Trinajstić information content (AvgIpc) is 2.68. The van der Waals surface area contributed by atoms with Crippen molar-refractivity contribution in [2.45, 2.75) is 46.0 Å². The highest BCUT2D eigenvalue weighted by atomic mass is 79.9. The van der Waals surface area contributed by atoms with E-state index in [1.165, 1.54) is 0 Å². The number of esters is 1. The van der Waals surface area contributed by atoms with E-state index in [0.29, 0.717) is 31.2 Å². The molecule has 0 aliphatic carbocycles. The molecule has 0 aliphatic rings. The summed E-state index contributed by atoms with van der Waals surface area (Å²) in [6.07, 6.45) is 2.29. The Hall–Kier alpha value is -2.27. The Morgan fingerprint density at radius 2 is 1.54 bits per heavy atom. The number of ketones is 2. The summed E-state index contributed by atoms with van der Waals surface area (Å²) in [6.45, 7) is 3.57. The van der Waals surface area contributed by atoms with Crippen molar-refractivity contribution < 1.29 is 19.1 Å². The molecule has 0 aliphatic heterocycles. The van der Waals surface area contributed by atoms with Crippen LogP contribution < -0.4 is 0 Å². The van der Waals surface area contributed by atoms with Crippen LogP contribution in [0.15, 0.2) is 46.9 Å². The van der Waals surface area contributed by atoms with Gasteiger partial charge in [0.15, 0.2) is 12.4 Å². The molecule has 28 heavy (non-hydrogen) atoms. The van der Waals surface area contributed by atoms with Gasteiger partial charge < -0.3 is 4.74 Å². The zero-order valence-corrected chi connectivity index (χ0v) is 17.9. The van der Waals surface area contributed by atoms with Crippen LogP contribution in [0, 0.1) is 13.8 Å². The Labute approximate surface area is 174 Å². The molecular formula is C23H25BrO4. The summed E-state index contributed by atoms with van der Waals surface area (Å²) in [6, 6.07) is 13.2. The Kier molecular flexibility index (Phi) is 8.58. The van der Waals surface area contributed by atoms with Crippen LogP contribution in [0.3, 0.4) is 0 Å². The van der Waals surface area contributed by atoms with Crippen molar-refractivity contribution >= 4 is 33.5 Å². The Morgan fingerprint density at radius 1 is 0.929 bits per heavy atom. The monoisotopic (exact) mass is 444 g/mol. The first-order valence-corrected chi connectivity index (χ1v) is 10.2. The van der Waals surface area contributed by atoms with Crippen LogP contribution in [-0.2, 0) is 20.7 Å². The molecule has 0 aromatic heterocycles. The molecule has 0 saturated heterocycles. The van der Waals surface area contributed by atoms with Gasteiger partial charge in [-0.15, -0.1) is 0 Å². The maximum absolute atomic E-state index is 12.2. The quantitative estimate of drug-likeness (QED) is 0.288. The van der Waals surface area contributed by atoms with Crippen LogP contribution in [0.1, 0.15) is 52.7 Å². The molecule has 0 spiro atoms. The van der Waals surface area contributed by atoms with Gasteiger partial charge in [-0.25, -0.2) is 0 Å². The first-order valence-electron chi connectivity index (χ1n) is 9.38. The van der Waals surface area contributed by atoms with Crippen LogP contribution >= 0.6 is 15.9 Å². The molecule has 2 rings (SSSR count). The third-order valence-corrected chi connectivity index (χ3v) is 5.70. The summed E-state index contributed by atoms with van der Waals surface area (Å²) < 4.78 is 6.06. The van der Waals surface area contributed by atoms with Crippen molar-refractivity contribution in [3.8, 4) is 0 Å². The zero-order chi connectivity index (χ0) is 20.5. The van der Waals surface area contributed by atoms with Gasteiger partial charge in [0.05, 0.1) is 0 Å². The van der Waals surface area contributed by atoms with Gasteiger partial charge in [0.2, 0.25) is 0 Å². The molecule has 0 unspecified atom stereocenters. The summed E-state index contributed by atoms with van der Waals surface area (Å²) in [7, 11) is 0. The molecule has 2 aromatic carbocycles. The number of carbonyl (C=O) groups excluding carboxylic acids is 3. The molecule has 0 saturated carbocycles. The van der Waals surface area contributed by atoms with E-state index in [1.807, 2.05) is 44.2 Å². The normalized spacial score (nSPS) is 10.5. The minimum Gasteiger partial charge on any atom is -0.457 e. The molecule has 5 heteroatoms. The number of rotatable bonds is 10. The summed E-state index contributed by atoms with van der Waals surface area (Å²) in [4.78, 5) is 36.0. The van der Waals surface area contributed by atoms with Gasteiger partial charge in [-0.2, -0.15) is 0 Å². The minimum absolute atomic E-state index is 0.163. The summed E-state index contributed by atoms with van der Waals surface area (Å²) in [5.74, 6) is -0.463. The van der Waals surface area contributed by atoms with Crippen molar-refractivity contribution in [1.82, 2.24) is 0 Å². The van der Waals surface area contributed by atoms with Crippen molar-refractivity contribution in [3.63, 3.8) is 0 Å². The van der Waals surface area contributed by atoms with Crippen molar-refractivity contribution in [2.24, 2.45) is 0 Å². The predicted molar refractivity (Wildman–Crippen MR) is 113 cm³/mol. The number of benzene rings is 2. The largest absolute Gasteiger partial charge is 0.457 e. The Balaban J connectivity index is 1.66. The zero-order valence-electron chi connectivity index (χ0n) is 16.3. The van der Waals surface area contributed by atoms with Crippen LogP contribution in [0.5, 0.6) is 0 Å². The molecule has 0 bridgehead atoms. The van der Waals surface area contributed by atoms with E-state index in [-0.39, 0.29) is 24.6 Å². The molecule has 4 nitrogen and oxygen atoms in total. The van der Waals surface area contributed by atoms with Crippen molar-refractivity contribution in [1.29, 1.82) is 0 Å². The standard InChI is InChI=1S/C23H25BrO4/c1-16-12-19(13-17(2)23(16)24)21(26)15-28-22(27)11-7-6-10-20(25)14-18-8-4-3-5-9-18/h3-5,8-9,12-13H,6-7,10-11,14-15H2,1-2H3. The van der Waals surface area contributed by atoms with E-state index >= 15 is 0 Å². The lowest BCUT2D eigenvalue weighted by Crippen LogP contribution is -2.14. The van der Waals surface area contributed by atoms with E-state index in [1.54, 1.807) is 12.1 Å². The number of aryl methyl sites for hydroxylation is 2. The highest BCUT2D eigenvalue weighted by Crippen LogP contribution is 2.22. The van der Waals surface area contributed by atoms with Gasteiger partial charge in [-0.3, -0.25) is 14.4 Å².